The third kappa shape index (κ3) is 2.96. The van der Waals surface area contributed by atoms with Gasteiger partial charge in [-0.25, -0.2) is 0 Å². The Kier molecular flexibility index (Phi) is 4.00. The molecule has 0 bridgehead atoms. The first-order chi connectivity index (χ1) is 10.00. The topological polar surface area (TPSA) is 29.3 Å². The third-order valence-electron chi connectivity index (χ3n) is 5.42. The zero-order valence-electron chi connectivity index (χ0n) is 13.8. The number of anilines is 1. The minimum atomic E-state index is 0.475. The van der Waals surface area contributed by atoms with Crippen molar-refractivity contribution in [3.05, 3.63) is 29.8 Å². The van der Waals surface area contributed by atoms with Crippen LogP contribution in [-0.4, -0.2) is 19.1 Å². The molecule has 0 spiro atoms. The van der Waals surface area contributed by atoms with E-state index in [1.807, 2.05) is 0 Å². The standard InChI is InChI=1S/C19H30N2/c1-14-10-16(12-19(2,3)11-14)21-13-15(8-9-20)17-6-4-5-7-18(17)21/h4-7,14-16H,8-13,20H2,1-3H3. The van der Waals surface area contributed by atoms with Crippen molar-refractivity contribution >= 4 is 5.69 Å². The van der Waals surface area contributed by atoms with Crippen LogP contribution in [0.1, 0.15) is 57.9 Å². The molecule has 2 aliphatic rings. The number of para-hydroxylation sites is 1. The van der Waals surface area contributed by atoms with Crippen molar-refractivity contribution in [3.8, 4) is 0 Å². The van der Waals surface area contributed by atoms with Crippen LogP contribution in [0.2, 0.25) is 0 Å². The summed E-state index contributed by atoms with van der Waals surface area (Å²) in [5.74, 6) is 1.46. The lowest BCUT2D eigenvalue weighted by molar-refractivity contribution is 0.165. The summed E-state index contributed by atoms with van der Waals surface area (Å²) in [5, 5.41) is 0. The van der Waals surface area contributed by atoms with Crippen LogP contribution in [0.4, 0.5) is 5.69 Å². The maximum absolute atomic E-state index is 5.84. The first kappa shape index (κ1) is 14.9. The van der Waals surface area contributed by atoms with Gasteiger partial charge in [0.1, 0.15) is 0 Å². The lowest BCUT2D eigenvalue weighted by atomic mass is 9.70. The van der Waals surface area contributed by atoms with Gasteiger partial charge in [0.25, 0.3) is 0 Å². The van der Waals surface area contributed by atoms with Gasteiger partial charge in [-0.2, -0.15) is 0 Å². The Morgan fingerprint density at radius 2 is 2.00 bits per heavy atom. The van der Waals surface area contributed by atoms with Crippen LogP contribution in [0.15, 0.2) is 24.3 Å². The van der Waals surface area contributed by atoms with Crippen molar-refractivity contribution in [1.29, 1.82) is 0 Å². The molecule has 21 heavy (non-hydrogen) atoms. The van der Waals surface area contributed by atoms with Gasteiger partial charge in [0.05, 0.1) is 0 Å². The molecule has 1 aromatic carbocycles. The molecule has 2 nitrogen and oxygen atoms in total. The van der Waals surface area contributed by atoms with Crippen LogP contribution in [0.5, 0.6) is 0 Å². The monoisotopic (exact) mass is 286 g/mol. The highest BCUT2D eigenvalue weighted by Gasteiger charge is 2.38. The second kappa shape index (κ2) is 5.64. The quantitative estimate of drug-likeness (QED) is 0.904. The number of hydrogen-bond acceptors (Lipinski definition) is 2. The fraction of sp³-hybridized carbons (Fsp3) is 0.684. The summed E-state index contributed by atoms with van der Waals surface area (Å²) in [6.45, 7) is 9.26. The molecule has 0 saturated heterocycles. The summed E-state index contributed by atoms with van der Waals surface area (Å²) >= 11 is 0. The summed E-state index contributed by atoms with van der Waals surface area (Å²) in [5.41, 5.74) is 9.32. The maximum Gasteiger partial charge on any atom is 0.0405 e. The van der Waals surface area contributed by atoms with Crippen molar-refractivity contribution in [1.82, 2.24) is 0 Å². The Morgan fingerprint density at radius 1 is 1.24 bits per heavy atom. The smallest absolute Gasteiger partial charge is 0.0405 e. The number of fused-ring (bicyclic) bond motifs is 1. The van der Waals surface area contributed by atoms with E-state index in [2.05, 4.69) is 49.9 Å². The molecule has 1 aromatic rings. The Morgan fingerprint density at radius 3 is 2.71 bits per heavy atom. The van der Waals surface area contributed by atoms with E-state index >= 15 is 0 Å². The largest absolute Gasteiger partial charge is 0.368 e. The number of nitrogens with zero attached hydrogens (tertiary/aromatic N) is 1. The zero-order chi connectivity index (χ0) is 15.0. The number of benzene rings is 1. The molecule has 1 heterocycles. The molecule has 3 unspecified atom stereocenters. The van der Waals surface area contributed by atoms with Crippen LogP contribution in [-0.2, 0) is 0 Å². The predicted molar refractivity (Wildman–Crippen MR) is 90.8 cm³/mol. The highest BCUT2D eigenvalue weighted by molar-refractivity contribution is 5.61. The van der Waals surface area contributed by atoms with Crippen LogP contribution in [0.25, 0.3) is 0 Å². The molecule has 1 aliphatic carbocycles. The Bertz CT molecular complexity index is 494. The van der Waals surface area contributed by atoms with Gasteiger partial charge >= 0.3 is 0 Å². The Labute approximate surface area is 129 Å². The van der Waals surface area contributed by atoms with Crippen molar-refractivity contribution in [2.24, 2.45) is 17.1 Å². The summed E-state index contributed by atoms with van der Waals surface area (Å²) in [6, 6.07) is 9.70. The fourth-order valence-electron chi connectivity index (χ4n) is 4.86. The highest BCUT2D eigenvalue weighted by atomic mass is 15.2. The second-order valence-corrected chi connectivity index (χ2v) is 8.05. The van der Waals surface area contributed by atoms with Crippen molar-refractivity contribution in [3.63, 3.8) is 0 Å². The first-order valence-electron chi connectivity index (χ1n) is 8.56. The van der Waals surface area contributed by atoms with Crippen LogP contribution >= 0.6 is 0 Å². The van der Waals surface area contributed by atoms with Gasteiger partial charge in [0.2, 0.25) is 0 Å². The number of hydrogen-bond donors (Lipinski definition) is 1. The van der Waals surface area contributed by atoms with Crippen LogP contribution in [0, 0.1) is 11.3 Å². The van der Waals surface area contributed by atoms with Gasteiger partial charge in [0.15, 0.2) is 0 Å². The minimum absolute atomic E-state index is 0.475. The lowest BCUT2D eigenvalue weighted by Gasteiger charge is -2.44. The van der Waals surface area contributed by atoms with Gasteiger partial charge in [-0.15, -0.1) is 0 Å². The maximum atomic E-state index is 5.84. The van der Waals surface area contributed by atoms with Crippen molar-refractivity contribution in [2.45, 2.75) is 58.4 Å². The SMILES string of the molecule is CC1CC(N2CC(CCN)c3ccccc32)CC(C)(C)C1. The molecule has 0 radical (unpaired) electrons. The van der Waals surface area contributed by atoms with E-state index in [0.717, 1.165) is 18.9 Å². The van der Waals surface area contributed by atoms with E-state index in [1.54, 1.807) is 0 Å². The minimum Gasteiger partial charge on any atom is -0.368 e. The van der Waals surface area contributed by atoms with E-state index in [-0.39, 0.29) is 0 Å². The van der Waals surface area contributed by atoms with Gasteiger partial charge in [0, 0.05) is 24.2 Å². The van der Waals surface area contributed by atoms with Gasteiger partial charge in [-0.05, 0) is 55.2 Å². The van der Waals surface area contributed by atoms with Crippen LogP contribution in [0.3, 0.4) is 0 Å². The predicted octanol–water partition coefficient (Wildman–Crippen LogP) is 4.15. The summed E-state index contributed by atoms with van der Waals surface area (Å²) in [4.78, 5) is 2.70. The summed E-state index contributed by atoms with van der Waals surface area (Å²) < 4.78 is 0. The van der Waals surface area contributed by atoms with E-state index in [9.17, 15) is 0 Å². The molecule has 0 amide bonds. The first-order valence-corrected chi connectivity index (χ1v) is 8.56. The Balaban J connectivity index is 1.86. The van der Waals surface area contributed by atoms with Crippen molar-refractivity contribution < 1.29 is 0 Å². The molecule has 3 atom stereocenters. The average Bonchev–Trinajstić information content (AvgIpc) is 2.76. The molecule has 2 heteroatoms. The van der Waals surface area contributed by atoms with E-state index in [4.69, 9.17) is 5.73 Å². The molecule has 3 rings (SSSR count). The molecule has 1 saturated carbocycles. The molecular weight excluding hydrogens is 256 g/mol. The molecule has 1 aliphatic heterocycles. The average molecular weight is 286 g/mol. The van der Waals surface area contributed by atoms with E-state index < -0.39 is 0 Å². The highest BCUT2D eigenvalue weighted by Crippen LogP contribution is 2.46. The van der Waals surface area contributed by atoms with E-state index in [1.165, 1.54) is 37.1 Å². The molecule has 0 aromatic heterocycles. The zero-order valence-corrected chi connectivity index (χ0v) is 13.8. The number of rotatable bonds is 3. The van der Waals surface area contributed by atoms with Gasteiger partial charge in [-0.3, -0.25) is 0 Å². The third-order valence-corrected chi connectivity index (χ3v) is 5.42. The molecule has 2 N–H and O–H groups in total. The van der Waals surface area contributed by atoms with Gasteiger partial charge < -0.3 is 10.6 Å². The molecular formula is C19H30N2. The van der Waals surface area contributed by atoms with E-state index in [0.29, 0.717) is 17.4 Å². The molecule has 1 fully saturated rings. The van der Waals surface area contributed by atoms with Crippen LogP contribution < -0.4 is 10.6 Å². The number of nitrogens with two attached hydrogens (primary N) is 1. The van der Waals surface area contributed by atoms with Crippen molar-refractivity contribution in [2.75, 3.05) is 18.0 Å². The lowest BCUT2D eigenvalue weighted by Crippen LogP contribution is -2.43. The summed E-state index contributed by atoms with van der Waals surface area (Å²) in [7, 11) is 0. The molecule has 116 valence electrons. The normalized spacial score (nSPS) is 31.2. The summed E-state index contributed by atoms with van der Waals surface area (Å²) in [6.07, 6.45) is 5.14. The second-order valence-electron chi connectivity index (χ2n) is 8.05. The Hall–Kier alpha value is -1.02. The fourth-order valence-corrected chi connectivity index (χ4v) is 4.86. The van der Waals surface area contributed by atoms with Gasteiger partial charge in [-0.1, -0.05) is 39.0 Å².